The van der Waals surface area contributed by atoms with Crippen molar-refractivity contribution in [3.63, 3.8) is 0 Å². The zero-order valence-electron chi connectivity index (χ0n) is 13.6. The Morgan fingerprint density at radius 1 is 1.36 bits per heavy atom. The van der Waals surface area contributed by atoms with Crippen LogP contribution in [0.2, 0.25) is 0 Å². The summed E-state index contributed by atoms with van der Waals surface area (Å²) in [6, 6.07) is 0.214. The summed E-state index contributed by atoms with van der Waals surface area (Å²) >= 11 is 0. The molecule has 22 heavy (non-hydrogen) atoms. The SMILES string of the molecule is COc1c(C)cnc(CN2CCC[C@@H]2c2noc(C)n2)c1C. The monoisotopic (exact) mass is 302 g/mol. The summed E-state index contributed by atoms with van der Waals surface area (Å²) in [4.78, 5) is 11.4. The highest BCUT2D eigenvalue weighted by atomic mass is 16.5. The molecule has 0 aliphatic carbocycles. The van der Waals surface area contributed by atoms with Gasteiger partial charge < -0.3 is 9.26 Å². The number of hydrogen-bond acceptors (Lipinski definition) is 6. The molecule has 1 aliphatic heterocycles. The van der Waals surface area contributed by atoms with Crippen molar-refractivity contribution in [1.29, 1.82) is 0 Å². The molecule has 0 amide bonds. The molecule has 6 heteroatoms. The van der Waals surface area contributed by atoms with Gasteiger partial charge in [0.1, 0.15) is 5.75 Å². The van der Waals surface area contributed by atoms with Crippen LogP contribution in [0.1, 0.15) is 47.4 Å². The Hall–Kier alpha value is -1.95. The van der Waals surface area contributed by atoms with Gasteiger partial charge in [-0.2, -0.15) is 4.98 Å². The van der Waals surface area contributed by atoms with Crippen LogP contribution in [0.5, 0.6) is 5.75 Å². The second-order valence-corrected chi connectivity index (χ2v) is 5.85. The number of aryl methyl sites for hydroxylation is 2. The average Bonchev–Trinajstić information content (AvgIpc) is 3.11. The standard InChI is InChI=1S/C16H22N4O2/c1-10-8-17-13(11(2)15(10)21-4)9-20-7-5-6-14(20)16-18-12(3)22-19-16/h8,14H,5-7,9H2,1-4H3/t14-/m1/s1. The number of rotatable bonds is 4. The maximum atomic E-state index is 5.50. The van der Waals surface area contributed by atoms with Crippen LogP contribution in [-0.2, 0) is 6.54 Å². The fourth-order valence-corrected chi connectivity index (χ4v) is 3.18. The maximum absolute atomic E-state index is 5.50. The van der Waals surface area contributed by atoms with Crippen molar-refractivity contribution >= 4 is 0 Å². The number of nitrogens with zero attached hydrogens (tertiary/aromatic N) is 4. The van der Waals surface area contributed by atoms with Crippen LogP contribution in [0.4, 0.5) is 0 Å². The van der Waals surface area contributed by atoms with E-state index in [0.717, 1.165) is 54.3 Å². The van der Waals surface area contributed by atoms with Crippen molar-refractivity contribution in [2.45, 2.75) is 46.2 Å². The molecular formula is C16H22N4O2. The Morgan fingerprint density at radius 2 is 2.18 bits per heavy atom. The van der Waals surface area contributed by atoms with Gasteiger partial charge in [-0.3, -0.25) is 9.88 Å². The highest BCUT2D eigenvalue weighted by Gasteiger charge is 2.30. The molecule has 0 radical (unpaired) electrons. The van der Waals surface area contributed by atoms with Gasteiger partial charge in [0, 0.05) is 30.8 Å². The first-order chi connectivity index (χ1) is 10.6. The van der Waals surface area contributed by atoms with Crippen LogP contribution in [0.15, 0.2) is 10.7 Å². The fraction of sp³-hybridized carbons (Fsp3) is 0.562. The Morgan fingerprint density at radius 3 is 2.86 bits per heavy atom. The lowest BCUT2D eigenvalue weighted by molar-refractivity contribution is 0.230. The van der Waals surface area contributed by atoms with Gasteiger partial charge >= 0.3 is 0 Å². The van der Waals surface area contributed by atoms with Gasteiger partial charge in [0.05, 0.1) is 18.8 Å². The van der Waals surface area contributed by atoms with E-state index in [4.69, 9.17) is 9.26 Å². The number of pyridine rings is 1. The molecular weight excluding hydrogens is 280 g/mol. The number of hydrogen-bond donors (Lipinski definition) is 0. The van der Waals surface area contributed by atoms with E-state index >= 15 is 0 Å². The lowest BCUT2D eigenvalue weighted by atomic mass is 10.1. The molecule has 118 valence electrons. The minimum Gasteiger partial charge on any atom is -0.496 e. The minimum atomic E-state index is 0.214. The van der Waals surface area contributed by atoms with Gasteiger partial charge in [-0.15, -0.1) is 0 Å². The molecule has 1 saturated heterocycles. The summed E-state index contributed by atoms with van der Waals surface area (Å²) in [6.45, 7) is 7.71. The van der Waals surface area contributed by atoms with E-state index in [1.807, 2.05) is 20.0 Å². The molecule has 0 unspecified atom stereocenters. The highest BCUT2D eigenvalue weighted by Crippen LogP contribution is 2.33. The molecule has 0 spiro atoms. The molecule has 6 nitrogen and oxygen atoms in total. The topological polar surface area (TPSA) is 64.3 Å². The van der Waals surface area contributed by atoms with Crippen LogP contribution >= 0.6 is 0 Å². The van der Waals surface area contributed by atoms with Crippen molar-refractivity contribution in [3.05, 3.63) is 34.7 Å². The number of likely N-dealkylation sites (tertiary alicyclic amines) is 1. The average molecular weight is 302 g/mol. The van der Waals surface area contributed by atoms with Gasteiger partial charge in [-0.25, -0.2) is 0 Å². The zero-order valence-corrected chi connectivity index (χ0v) is 13.6. The van der Waals surface area contributed by atoms with Crippen molar-refractivity contribution in [1.82, 2.24) is 20.0 Å². The molecule has 2 aromatic heterocycles. The summed E-state index contributed by atoms with van der Waals surface area (Å²) in [5, 5.41) is 4.09. The largest absolute Gasteiger partial charge is 0.496 e. The highest BCUT2D eigenvalue weighted by molar-refractivity contribution is 5.41. The molecule has 0 bridgehead atoms. The number of ether oxygens (including phenoxy) is 1. The molecule has 2 aromatic rings. The van der Waals surface area contributed by atoms with Gasteiger partial charge in [-0.1, -0.05) is 5.16 Å². The minimum absolute atomic E-state index is 0.214. The smallest absolute Gasteiger partial charge is 0.223 e. The summed E-state index contributed by atoms with van der Waals surface area (Å²) in [5.41, 5.74) is 3.22. The van der Waals surface area contributed by atoms with E-state index in [1.54, 1.807) is 7.11 Å². The van der Waals surface area contributed by atoms with E-state index in [2.05, 4.69) is 26.9 Å². The molecule has 1 fully saturated rings. The van der Waals surface area contributed by atoms with E-state index in [0.29, 0.717) is 5.89 Å². The number of aromatic nitrogens is 3. The Kier molecular flexibility index (Phi) is 4.11. The summed E-state index contributed by atoms with van der Waals surface area (Å²) < 4.78 is 10.6. The van der Waals surface area contributed by atoms with E-state index < -0.39 is 0 Å². The van der Waals surface area contributed by atoms with Crippen LogP contribution in [0, 0.1) is 20.8 Å². The van der Waals surface area contributed by atoms with Crippen molar-refractivity contribution in [2.75, 3.05) is 13.7 Å². The molecule has 3 rings (SSSR count). The summed E-state index contributed by atoms with van der Waals surface area (Å²) in [6.07, 6.45) is 4.08. The third-order valence-corrected chi connectivity index (χ3v) is 4.31. The Balaban J connectivity index is 1.83. The quantitative estimate of drug-likeness (QED) is 0.865. The maximum Gasteiger partial charge on any atom is 0.223 e. The summed E-state index contributed by atoms with van der Waals surface area (Å²) in [7, 11) is 1.71. The predicted octanol–water partition coefficient (Wildman–Crippen LogP) is 2.74. The third kappa shape index (κ3) is 2.70. The summed E-state index contributed by atoms with van der Waals surface area (Å²) in [5.74, 6) is 2.33. The lowest BCUT2D eigenvalue weighted by Gasteiger charge is -2.23. The first-order valence-electron chi connectivity index (χ1n) is 7.63. The van der Waals surface area contributed by atoms with Crippen LogP contribution in [0.3, 0.4) is 0 Å². The van der Waals surface area contributed by atoms with E-state index in [9.17, 15) is 0 Å². The predicted molar refractivity (Wildman–Crippen MR) is 81.7 cm³/mol. The van der Waals surface area contributed by atoms with E-state index in [-0.39, 0.29) is 6.04 Å². The molecule has 3 heterocycles. The zero-order chi connectivity index (χ0) is 15.7. The second kappa shape index (κ2) is 6.04. The molecule has 1 atom stereocenters. The normalized spacial score (nSPS) is 18.8. The van der Waals surface area contributed by atoms with Gasteiger partial charge in [0.15, 0.2) is 5.82 Å². The first-order valence-corrected chi connectivity index (χ1v) is 7.63. The molecule has 1 aliphatic rings. The van der Waals surface area contributed by atoms with Crippen molar-refractivity contribution in [3.8, 4) is 5.75 Å². The molecule has 0 saturated carbocycles. The van der Waals surface area contributed by atoms with E-state index in [1.165, 1.54) is 0 Å². The molecule has 0 N–H and O–H groups in total. The Labute approximate surface area is 130 Å². The molecule has 0 aromatic carbocycles. The second-order valence-electron chi connectivity index (χ2n) is 5.85. The van der Waals surface area contributed by atoms with Gasteiger partial charge in [-0.05, 0) is 33.2 Å². The van der Waals surface area contributed by atoms with Crippen molar-refractivity contribution in [2.24, 2.45) is 0 Å². The fourth-order valence-electron chi connectivity index (χ4n) is 3.18. The van der Waals surface area contributed by atoms with Crippen LogP contribution < -0.4 is 4.74 Å². The Bertz CT molecular complexity index is 668. The van der Waals surface area contributed by atoms with Crippen LogP contribution in [-0.4, -0.2) is 33.7 Å². The lowest BCUT2D eigenvalue weighted by Crippen LogP contribution is -2.24. The number of methoxy groups -OCH3 is 1. The van der Waals surface area contributed by atoms with Crippen LogP contribution in [0.25, 0.3) is 0 Å². The van der Waals surface area contributed by atoms with Gasteiger partial charge in [0.25, 0.3) is 0 Å². The first kappa shape index (κ1) is 15.0. The van der Waals surface area contributed by atoms with Crippen molar-refractivity contribution < 1.29 is 9.26 Å². The van der Waals surface area contributed by atoms with Gasteiger partial charge in [0.2, 0.25) is 5.89 Å². The third-order valence-electron chi connectivity index (χ3n) is 4.31.